The number of nitrogens with one attached hydrogen (secondary N) is 1. The highest BCUT2D eigenvalue weighted by atomic mass is 32.2. The molecule has 1 heterocycles. The molecule has 7 nitrogen and oxygen atoms in total. The second kappa shape index (κ2) is 7.87. The van der Waals surface area contributed by atoms with E-state index in [-0.39, 0.29) is 25.7 Å². The van der Waals surface area contributed by atoms with Gasteiger partial charge in [0, 0.05) is 24.7 Å². The monoisotopic (exact) mass is 390 g/mol. The molecule has 1 amide bonds. The first kappa shape index (κ1) is 19.0. The summed E-state index contributed by atoms with van der Waals surface area (Å²) in [7, 11) is -3.49. The molecule has 1 aliphatic rings. The van der Waals surface area contributed by atoms with Crippen LogP contribution in [0.15, 0.2) is 42.5 Å². The topological polar surface area (TPSA) is 84.9 Å². The van der Waals surface area contributed by atoms with Crippen LogP contribution in [0, 0.1) is 6.92 Å². The summed E-state index contributed by atoms with van der Waals surface area (Å²) in [5.74, 6) is 0.947. The van der Waals surface area contributed by atoms with Gasteiger partial charge in [-0.15, -0.1) is 0 Å². The third kappa shape index (κ3) is 4.91. The second-order valence-corrected chi connectivity index (χ2v) is 8.30. The Morgan fingerprint density at radius 2 is 1.93 bits per heavy atom. The Bertz CT molecular complexity index is 943. The first-order valence-electron chi connectivity index (χ1n) is 8.57. The Balaban J connectivity index is 1.62. The van der Waals surface area contributed by atoms with E-state index in [2.05, 4.69) is 5.32 Å². The van der Waals surface area contributed by atoms with Crippen molar-refractivity contribution in [2.24, 2.45) is 0 Å². The third-order valence-electron chi connectivity index (χ3n) is 4.11. The van der Waals surface area contributed by atoms with Gasteiger partial charge in [-0.05, 0) is 43.2 Å². The first-order valence-corrected chi connectivity index (χ1v) is 10.4. The smallest absolute Gasteiger partial charge is 0.232 e. The molecule has 0 unspecified atom stereocenters. The van der Waals surface area contributed by atoms with Gasteiger partial charge in [0.05, 0.1) is 11.9 Å². The van der Waals surface area contributed by atoms with Gasteiger partial charge in [-0.25, -0.2) is 8.42 Å². The Morgan fingerprint density at radius 3 is 2.67 bits per heavy atom. The van der Waals surface area contributed by atoms with Crippen LogP contribution in [0.25, 0.3) is 0 Å². The van der Waals surface area contributed by atoms with Gasteiger partial charge in [0.25, 0.3) is 0 Å². The third-order valence-corrected chi connectivity index (χ3v) is 5.31. The van der Waals surface area contributed by atoms with Gasteiger partial charge in [-0.3, -0.25) is 9.10 Å². The molecule has 0 aromatic heterocycles. The van der Waals surface area contributed by atoms with Crippen LogP contribution >= 0.6 is 0 Å². The number of carbonyl (C=O) groups is 1. The highest BCUT2D eigenvalue weighted by Gasteiger charge is 2.21. The van der Waals surface area contributed by atoms with Crippen molar-refractivity contribution in [1.29, 1.82) is 0 Å². The normalized spacial score (nSPS) is 12.7. The van der Waals surface area contributed by atoms with E-state index in [1.807, 2.05) is 31.2 Å². The minimum absolute atomic E-state index is 0.122. The van der Waals surface area contributed by atoms with Gasteiger partial charge < -0.3 is 14.8 Å². The molecule has 0 bridgehead atoms. The Kier molecular flexibility index (Phi) is 5.55. The molecule has 2 aromatic rings. The molecule has 27 heavy (non-hydrogen) atoms. The van der Waals surface area contributed by atoms with E-state index in [0.717, 1.165) is 17.5 Å². The van der Waals surface area contributed by atoms with Gasteiger partial charge in [0.15, 0.2) is 11.5 Å². The molecule has 0 saturated heterocycles. The Morgan fingerprint density at radius 1 is 1.15 bits per heavy atom. The molecule has 1 aliphatic heterocycles. The second-order valence-electron chi connectivity index (χ2n) is 6.39. The predicted molar refractivity (Wildman–Crippen MR) is 104 cm³/mol. The molecule has 0 saturated carbocycles. The number of carbonyl (C=O) groups excluding carboxylic acids is 1. The highest BCUT2D eigenvalue weighted by Crippen LogP contribution is 2.36. The number of hydrogen-bond donors (Lipinski definition) is 1. The minimum atomic E-state index is -3.49. The molecule has 2 aromatic carbocycles. The summed E-state index contributed by atoms with van der Waals surface area (Å²) < 4.78 is 36.2. The molecule has 1 N–H and O–H groups in total. The molecular formula is C19H22N2O5S. The lowest BCUT2D eigenvalue weighted by Gasteiger charge is -2.22. The predicted octanol–water partition coefficient (Wildman–Crippen LogP) is 2.91. The fraction of sp³-hybridized carbons (Fsp3) is 0.316. The Labute approximate surface area is 158 Å². The summed E-state index contributed by atoms with van der Waals surface area (Å²) in [6.07, 6.45) is 1.74. The quantitative estimate of drug-likeness (QED) is 0.786. The van der Waals surface area contributed by atoms with Crippen LogP contribution < -0.4 is 19.1 Å². The van der Waals surface area contributed by atoms with E-state index in [4.69, 9.17) is 9.47 Å². The lowest BCUT2D eigenvalue weighted by molar-refractivity contribution is -0.116. The lowest BCUT2D eigenvalue weighted by atomic mass is 10.2. The summed E-state index contributed by atoms with van der Waals surface area (Å²) in [5.41, 5.74) is 2.27. The van der Waals surface area contributed by atoms with Crippen LogP contribution in [-0.4, -0.2) is 33.9 Å². The summed E-state index contributed by atoms with van der Waals surface area (Å²) in [6, 6.07) is 12.5. The largest absolute Gasteiger partial charge is 0.454 e. The van der Waals surface area contributed by atoms with Gasteiger partial charge in [0.1, 0.15) is 0 Å². The zero-order valence-electron chi connectivity index (χ0n) is 15.3. The zero-order valence-corrected chi connectivity index (χ0v) is 16.1. The number of sulfonamides is 1. The average Bonchev–Trinajstić information content (AvgIpc) is 3.05. The SMILES string of the molecule is Cc1cccc(NC(=O)CCCN(c2ccc3c(c2)OCO3)S(C)(=O)=O)c1. The van der Waals surface area contributed by atoms with Gasteiger partial charge in [0.2, 0.25) is 22.7 Å². The number of anilines is 2. The van der Waals surface area contributed by atoms with Crippen LogP contribution in [-0.2, 0) is 14.8 Å². The first-order chi connectivity index (χ1) is 12.8. The van der Waals surface area contributed by atoms with E-state index in [0.29, 0.717) is 23.6 Å². The zero-order chi connectivity index (χ0) is 19.4. The Hall–Kier alpha value is -2.74. The number of fused-ring (bicyclic) bond motifs is 1. The van der Waals surface area contributed by atoms with Crippen molar-refractivity contribution in [3.8, 4) is 11.5 Å². The van der Waals surface area contributed by atoms with Crippen molar-refractivity contribution < 1.29 is 22.7 Å². The van der Waals surface area contributed by atoms with Crippen LogP contribution in [0.4, 0.5) is 11.4 Å². The molecule has 0 spiro atoms. The molecule has 3 rings (SSSR count). The number of nitrogens with zero attached hydrogens (tertiary/aromatic N) is 1. The van der Waals surface area contributed by atoms with Gasteiger partial charge >= 0.3 is 0 Å². The van der Waals surface area contributed by atoms with E-state index in [1.165, 1.54) is 4.31 Å². The molecular weight excluding hydrogens is 368 g/mol. The van der Waals surface area contributed by atoms with Crippen LogP contribution in [0.5, 0.6) is 11.5 Å². The van der Waals surface area contributed by atoms with Gasteiger partial charge in [-0.2, -0.15) is 0 Å². The summed E-state index contributed by atoms with van der Waals surface area (Å²) >= 11 is 0. The van der Waals surface area contributed by atoms with Crippen molar-refractivity contribution >= 4 is 27.3 Å². The lowest BCUT2D eigenvalue weighted by Crippen LogP contribution is -2.31. The summed E-state index contributed by atoms with van der Waals surface area (Å²) in [5, 5.41) is 2.83. The van der Waals surface area contributed by atoms with Crippen LogP contribution in [0.2, 0.25) is 0 Å². The number of benzene rings is 2. The molecule has 0 radical (unpaired) electrons. The average molecular weight is 390 g/mol. The fourth-order valence-corrected chi connectivity index (χ4v) is 3.81. The number of ether oxygens (including phenoxy) is 2. The number of hydrogen-bond acceptors (Lipinski definition) is 5. The van der Waals surface area contributed by atoms with Crippen LogP contribution in [0.3, 0.4) is 0 Å². The highest BCUT2D eigenvalue weighted by molar-refractivity contribution is 7.92. The van der Waals surface area contributed by atoms with Crippen molar-refractivity contribution in [2.45, 2.75) is 19.8 Å². The molecule has 144 valence electrons. The van der Waals surface area contributed by atoms with Crippen molar-refractivity contribution in [3.05, 3.63) is 48.0 Å². The fourth-order valence-electron chi connectivity index (χ4n) is 2.86. The maximum absolute atomic E-state index is 12.2. The van der Waals surface area contributed by atoms with Crippen LogP contribution in [0.1, 0.15) is 18.4 Å². The van der Waals surface area contributed by atoms with Gasteiger partial charge in [-0.1, -0.05) is 12.1 Å². The molecule has 0 aliphatic carbocycles. The number of amides is 1. The van der Waals surface area contributed by atoms with E-state index >= 15 is 0 Å². The number of aryl methyl sites for hydroxylation is 1. The minimum Gasteiger partial charge on any atom is -0.454 e. The molecule has 0 fully saturated rings. The van der Waals surface area contributed by atoms with Crippen molar-refractivity contribution in [2.75, 3.05) is 29.2 Å². The molecule has 8 heteroatoms. The maximum atomic E-state index is 12.2. The number of rotatable bonds is 7. The van der Waals surface area contributed by atoms with E-state index in [1.54, 1.807) is 18.2 Å². The van der Waals surface area contributed by atoms with Crippen molar-refractivity contribution in [3.63, 3.8) is 0 Å². The maximum Gasteiger partial charge on any atom is 0.232 e. The summed E-state index contributed by atoms with van der Waals surface area (Å²) in [4.78, 5) is 12.1. The standard InChI is InChI=1S/C19H22N2O5S/c1-14-5-3-6-15(11-14)20-19(22)7-4-10-21(27(2,23)24)16-8-9-17-18(12-16)26-13-25-17/h3,5-6,8-9,11-12H,4,7,10,13H2,1-2H3,(H,20,22). The van der Waals surface area contributed by atoms with E-state index < -0.39 is 10.0 Å². The molecule has 0 atom stereocenters. The van der Waals surface area contributed by atoms with E-state index in [9.17, 15) is 13.2 Å². The van der Waals surface area contributed by atoms with Crippen molar-refractivity contribution in [1.82, 2.24) is 0 Å². The summed E-state index contributed by atoms with van der Waals surface area (Å²) in [6.45, 7) is 2.27.